The van der Waals surface area contributed by atoms with Gasteiger partial charge < -0.3 is 36.1 Å². The standard InChI is InChI=1S/C23H30ClN5O7/c1-12(2)20(27-21(34)14-4-5-17(25)16(24)8-14)23(36)29-7-6-28(13(3)31)10-18(29)22(35)26-15(11-30)9-19(32)33/h4-5,8,11-12,15,18,20H,6-7,9-10,25H2,1-3H3,(H,26,35)(H,27,34)(H,32,33)/t15?,18-,20?/m0/s1. The fraction of sp³-hybridized carbons (Fsp3) is 0.478. The molecule has 0 saturated carbocycles. The summed E-state index contributed by atoms with van der Waals surface area (Å²) in [6, 6.07) is 0.756. The van der Waals surface area contributed by atoms with Crippen LogP contribution in [-0.4, -0.2) is 88.6 Å². The first-order chi connectivity index (χ1) is 16.8. The second kappa shape index (κ2) is 12.3. The average molecular weight is 524 g/mol. The molecule has 1 saturated heterocycles. The number of aldehydes is 1. The maximum Gasteiger partial charge on any atom is 0.305 e. The van der Waals surface area contributed by atoms with Crippen LogP contribution in [0.5, 0.6) is 0 Å². The minimum Gasteiger partial charge on any atom is -0.481 e. The molecule has 1 aliphatic rings. The number of carbonyl (C=O) groups excluding carboxylic acids is 5. The number of carbonyl (C=O) groups is 6. The van der Waals surface area contributed by atoms with E-state index in [1.807, 2.05) is 0 Å². The van der Waals surface area contributed by atoms with Crippen LogP contribution in [0.3, 0.4) is 0 Å². The van der Waals surface area contributed by atoms with Crippen molar-refractivity contribution >= 4 is 53.2 Å². The first-order valence-electron chi connectivity index (χ1n) is 11.2. The molecule has 3 atom stereocenters. The molecule has 0 spiro atoms. The van der Waals surface area contributed by atoms with Crippen molar-refractivity contribution in [3.63, 3.8) is 0 Å². The molecule has 1 aliphatic heterocycles. The predicted octanol–water partition coefficient (Wildman–Crippen LogP) is -0.106. The van der Waals surface area contributed by atoms with Crippen LogP contribution in [0.1, 0.15) is 37.6 Å². The van der Waals surface area contributed by atoms with Crippen molar-refractivity contribution in [2.24, 2.45) is 5.92 Å². The van der Waals surface area contributed by atoms with E-state index in [0.717, 1.165) is 0 Å². The number of hydrogen-bond acceptors (Lipinski definition) is 7. The van der Waals surface area contributed by atoms with Crippen molar-refractivity contribution in [2.75, 3.05) is 25.4 Å². The summed E-state index contributed by atoms with van der Waals surface area (Å²) in [5.41, 5.74) is 6.16. The average Bonchev–Trinajstić information content (AvgIpc) is 2.82. The zero-order valence-electron chi connectivity index (χ0n) is 20.2. The Hall–Kier alpha value is -3.67. The fourth-order valence-corrected chi connectivity index (χ4v) is 3.92. The van der Waals surface area contributed by atoms with Gasteiger partial charge in [0.1, 0.15) is 18.4 Å². The molecule has 2 unspecified atom stereocenters. The van der Waals surface area contributed by atoms with Gasteiger partial charge in [-0.05, 0) is 24.1 Å². The van der Waals surface area contributed by atoms with Crippen LogP contribution >= 0.6 is 11.6 Å². The number of hydrogen-bond donors (Lipinski definition) is 4. The number of carboxylic acid groups (broad SMARTS) is 1. The molecule has 2 rings (SSSR count). The van der Waals surface area contributed by atoms with Gasteiger partial charge >= 0.3 is 5.97 Å². The van der Waals surface area contributed by atoms with Gasteiger partial charge in [0, 0.05) is 25.6 Å². The van der Waals surface area contributed by atoms with Crippen LogP contribution in [0.25, 0.3) is 0 Å². The summed E-state index contributed by atoms with van der Waals surface area (Å²) < 4.78 is 0. The van der Waals surface area contributed by atoms with Crippen LogP contribution < -0.4 is 16.4 Å². The monoisotopic (exact) mass is 523 g/mol. The van der Waals surface area contributed by atoms with Gasteiger partial charge in [-0.25, -0.2) is 0 Å². The zero-order valence-corrected chi connectivity index (χ0v) is 20.9. The van der Waals surface area contributed by atoms with E-state index in [-0.39, 0.29) is 42.0 Å². The van der Waals surface area contributed by atoms with E-state index in [1.165, 1.54) is 34.9 Å². The number of anilines is 1. The van der Waals surface area contributed by atoms with Gasteiger partial charge in [0.25, 0.3) is 5.91 Å². The van der Waals surface area contributed by atoms with Crippen molar-refractivity contribution in [3.8, 4) is 0 Å². The Morgan fingerprint density at radius 1 is 1.19 bits per heavy atom. The normalized spacial score (nSPS) is 17.2. The van der Waals surface area contributed by atoms with Crippen molar-refractivity contribution in [3.05, 3.63) is 28.8 Å². The lowest BCUT2D eigenvalue weighted by molar-refractivity contribution is -0.150. The number of benzene rings is 1. The second-order valence-corrected chi connectivity index (χ2v) is 9.20. The van der Waals surface area contributed by atoms with E-state index in [4.69, 9.17) is 22.4 Å². The zero-order chi connectivity index (χ0) is 27.2. The van der Waals surface area contributed by atoms with E-state index in [0.29, 0.717) is 12.0 Å². The number of nitrogen functional groups attached to an aromatic ring is 1. The quantitative estimate of drug-likeness (QED) is 0.256. The van der Waals surface area contributed by atoms with Gasteiger partial charge in [-0.15, -0.1) is 0 Å². The van der Waals surface area contributed by atoms with Crippen LogP contribution in [-0.2, 0) is 24.0 Å². The first-order valence-corrected chi connectivity index (χ1v) is 11.6. The minimum absolute atomic E-state index is 0.00598. The first kappa shape index (κ1) is 28.6. The number of carboxylic acids is 1. The number of nitrogens with zero attached hydrogens (tertiary/aromatic N) is 2. The molecule has 1 aromatic rings. The van der Waals surface area contributed by atoms with Crippen molar-refractivity contribution in [2.45, 2.75) is 45.3 Å². The molecule has 1 aromatic carbocycles. The molecular formula is C23H30ClN5O7. The third-order valence-electron chi connectivity index (χ3n) is 5.78. The van der Waals surface area contributed by atoms with Gasteiger partial charge in [-0.3, -0.25) is 24.0 Å². The maximum atomic E-state index is 13.6. The Morgan fingerprint density at radius 2 is 1.86 bits per heavy atom. The highest BCUT2D eigenvalue weighted by Gasteiger charge is 2.40. The fourth-order valence-electron chi connectivity index (χ4n) is 3.74. The van der Waals surface area contributed by atoms with Crippen LogP contribution in [0.15, 0.2) is 18.2 Å². The second-order valence-electron chi connectivity index (χ2n) is 8.79. The Morgan fingerprint density at radius 3 is 2.39 bits per heavy atom. The Kier molecular flexibility index (Phi) is 9.79. The van der Waals surface area contributed by atoms with Crippen molar-refractivity contribution < 1.29 is 33.9 Å². The van der Waals surface area contributed by atoms with E-state index >= 15 is 0 Å². The number of nitrogens with one attached hydrogen (secondary N) is 2. The summed E-state index contributed by atoms with van der Waals surface area (Å²) in [6.45, 7) is 4.75. The molecule has 1 fully saturated rings. The summed E-state index contributed by atoms with van der Waals surface area (Å²) in [4.78, 5) is 76.2. The van der Waals surface area contributed by atoms with E-state index < -0.39 is 48.2 Å². The molecule has 0 radical (unpaired) electrons. The topological polar surface area (TPSA) is 179 Å². The number of piperazine rings is 1. The third-order valence-corrected chi connectivity index (χ3v) is 6.11. The number of aliphatic carboxylic acids is 1. The summed E-state index contributed by atoms with van der Waals surface area (Å²) in [6.07, 6.45) is -0.347. The van der Waals surface area contributed by atoms with Crippen LogP contribution in [0, 0.1) is 5.92 Å². The number of nitrogens with two attached hydrogens (primary N) is 1. The highest BCUT2D eigenvalue weighted by Crippen LogP contribution is 2.21. The van der Waals surface area contributed by atoms with Gasteiger partial charge in [0.15, 0.2) is 0 Å². The molecule has 12 nitrogen and oxygen atoms in total. The molecular weight excluding hydrogens is 494 g/mol. The predicted molar refractivity (Wildman–Crippen MR) is 130 cm³/mol. The number of amides is 4. The lowest BCUT2D eigenvalue weighted by Crippen LogP contribution is -2.65. The highest BCUT2D eigenvalue weighted by molar-refractivity contribution is 6.33. The molecule has 0 bridgehead atoms. The summed E-state index contributed by atoms with van der Waals surface area (Å²) in [7, 11) is 0. The molecule has 13 heteroatoms. The largest absolute Gasteiger partial charge is 0.481 e. The number of rotatable bonds is 9. The lowest BCUT2D eigenvalue weighted by Gasteiger charge is -2.42. The summed E-state index contributed by atoms with van der Waals surface area (Å²) in [5.74, 6) is -3.91. The molecule has 4 amide bonds. The van der Waals surface area contributed by atoms with Crippen LogP contribution in [0.2, 0.25) is 5.02 Å². The van der Waals surface area contributed by atoms with Gasteiger partial charge in [-0.2, -0.15) is 0 Å². The van der Waals surface area contributed by atoms with Gasteiger partial charge in [0.05, 0.1) is 29.7 Å². The van der Waals surface area contributed by atoms with E-state index in [1.54, 1.807) is 13.8 Å². The minimum atomic E-state index is -1.31. The Labute approximate surface area is 213 Å². The molecule has 196 valence electrons. The maximum absolute atomic E-state index is 13.6. The molecule has 0 aromatic heterocycles. The van der Waals surface area contributed by atoms with Crippen molar-refractivity contribution in [1.29, 1.82) is 0 Å². The number of halogens is 1. The lowest BCUT2D eigenvalue weighted by atomic mass is 9.99. The summed E-state index contributed by atoms with van der Waals surface area (Å²) >= 11 is 6.00. The van der Waals surface area contributed by atoms with E-state index in [2.05, 4.69) is 10.6 Å². The van der Waals surface area contributed by atoms with E-state index in [9.17, 15) is 28.8 Å². The Bertz CT molecular complexity index is 1050. The molecule has 5 N–H and O–H groups in total. The molecule has 0 aliphatic carbocycles. The highest BCUT2D eigenvalue weighted by atomic mass is 35.5. The smallest absolute Gasteiger partial charge is 0.305 e. The SMILES string of the molecule is CC(=O)N1CCN(C(=O)C(NC(=O)c2ccc(N)c(Cl)c2)C(C)C)[C@H](C(=O)NC(C=O)CC(=O)O)C1. The molecule has 36 heavy (non-hydrogen) atoms. The molecule has 1 heterocycles. The van der Waals surface area contributed by atoms with Gasteiger partial charge in [0.2, 0.25) is 17.7 Å². The summed E-state index contributed by atoms with van der Waals surface area (Å²) in [5, 5.41) is 14.1. The van der Waals surface area contributed by atoms with Gasteiger partial charge in [-0.1, -0.05) is 25.4 Å². The van der Waals surface area contributed by atoms with Crippen LogP contribution in [0.4, 0.5) is 5.69 Å². The van der Waals surface area contributed by atoms with Crippen molar-refractivity contribution in [1.82, 2.24) is 20.4 Å². The third kappa shape index (κ3) is 7.17. The Balaban J connectivity index is 2.29.